The van der Waals surface area contributed by atoms with E-state index in [0.717, 1.165) is 25.7 Å². The van der Waals surface area contributed by atoms with Gasteiger partial charge in [0.2, 0.25) is 5.91 Å². The first-order chi connectivity index (χ1) is 7.66. The van der Waals surface area contributed by atoms with Gasteiger partial charge in [0.25, 0.3) is 0 Å². The molecule has 0 unspecified atom stereocenters. The predicted molar refractivity (Wildman–Crippen MR) is 57.8 cm³/mol. The Morgan fingerprint density at radius 3 is 2.12 bits per heavy atom. The van der Waals surface area contributed by atoms with E-state index in [1.54, 1.807) is 0 Å². The van der Waals surface area contributed by atoms with Crippen LogP contribution < -0.4 is 0 Å². The molecule has 0 aromatic heterocycles. The van der Waals surface area contributed by atoms with Crippen molar-refractivity contribution >= 4 is 17.5 Å². The van der Waals surface area contributed by atoms with E-state index in [0.29, 0.717) is 0 Å². The fourth-order valence-electron chi connectivity index (χ4n) is 2.58. The fraction of sp³-hybridized carbons (Fsp3) is 0.750. The third-order valence-electron chi connectivity index (χ3n) is 3.39. The summed E-state index contributed by atoms with van der Waals surface area (Å²) in [6.45, 7) is 0.280. The van der Waals surface area contributed by atoms with E-state index in [9.17, 15) is 14.4 Å². The normalized spacial score (nSPS) is 23.6. The minimum Gasteiger partial charge on any atom is -0.328 e. The lowest BCUT2D eigenvalue weighted by Gasteiger charge is -2.30. The van der Waals surface area contributed by atoms with Gasteiger partial charge in [-0.2, -0.15) is 0 Å². The summed E-state index contributed by atoms with van der Waals surface area (Å²) in [7, 11) is 0. The smallest absolute Gasteiger partial charge is 0.226 e. The molecule has 4 nitrogen and oxygen atoms in total. The summed E-state index contributed by atoms with van der Waals surface area (Å²) in [6.07, 6.45) is 5.21. The third kappa shape index (κ3) is 2.49. The first-order valence-corrected chi connectivity index (χ1v) is 5.99. The van der Waals surface area contributed by atoms with Crippen LogP contribution in [0.4, 0.5) is 0 Å². The van der Waals surface area contributed by atoms with Crippen LogP contribution in [0.3, 0.4) is 0 Å². The van der Waals surface area contributed by atoms with Crippen molar-refractivity contribution < 1.29 is 14.4 Å². The van der Waals surface area contributed by atoms with Crippen molar-refractivity contribution in [2.24, 2.45) is 5.92 Å². The number of rotatable bonds is 1. The van der Waals surface area contributed by atoms with Crippen LogP contribution in [0.15, 0.2) is 0 Å². The molecule has 1 saturated carbocycles. The highest BCUT2D eigenvalue weighted by Crippen LogP contribution is 2.25. The Bertz CT molecular complexity index is 302. The summed E-state index contributed by atoms with van der Waals surface area (Å²) in [4.78, 5) is 36.0. The van der Waals surface area contributed by atoms with Crippen molar-refractivity contribution in [2.75, 3.05) is 13.1 Å². The molecule has 0 aromatic rings. The molecular weight excluding hydrogens is 206 g/mol. The van der Waals surface area contributed by atoms with Crippen molar-refractivity contribution in [3.63, 3.8) is 0 Å². The minimum atomic E-state index is -0.125. The Balaban J connectivity index is 1.97. The molecule has 2 rings (SSSR count). The second-order valence-corrected chi connectivity index (χ2v) is 4.78. The monoisotopic (exact) mass is 223 g/mol. The molecule has 4 heteroatoms. The number of piperidine rings is 1. The van der Waals surface area contributed by atoms with Gasteiger partial charge < -0.3 is 4.90 Å². The summed E-state index contributed by atoms with van der Waals surface area (Å²) in [5.41, 5.74) is 0. The molecule has 0 atom stereocenters. The second kappa shape index (κ2) is 4.76. The van der Waals surface area contributed by atoms with Crippen molar-refractivity contribution in [2.45, 2.75) is 38.5 Å². The minimum absolute atomic E-state index is 0.00838. The summed E-state index contributed by atoms with van der Waals surface area (Å²) in [6, 6.07) is 0. The lowest BCUT2D eigenvalue weighted by molar-refractivity contribution is -0.146. The number of ketones is 2. The average Bonchev–Trinajstić information content (AvgIpc) is 2.28. The van der Waals surface area contributed by atoms with Crippen molar-refractivity contribution in [3.8, 4) is 0 Å². The molecule has 1 amide bonds. The molecule has 2 fully saturated rings. The van der Waals surface area contributed by atoms with Gasteiger partial charge >= 0.3 is 0 Å². The lowest BCUT2D eigenvalue weighted by Crippen LogP contribution is -2.47. The Labute approximate surface area is 95.0 Å². The molecule has 1 saturated heterocycles. The number of carbonyl (C=O) groups is 3. The topological polar surface area (TPSA) is 54.5 Å². The molecule has 1 heterocycles. The highest BCUT2D eigenvalue weighted by atomic mass is 16.2. The average molecular weight is 223 g/mol. The maximum absolute atomic E-state index is 12.1. The van der Waals surface area contributed by atoms with E-state index >= 15 is 0 Å². The number of hydrogen-bond acceptors (Lipinski definition) is 3. The van der Waals surface area contributed by atoms with Crippen LogP contribution in [0, 0.1) is 5.92 Å². The van der Waals surface area contributed by atoms with E-state index in [1.165, 1.54) is 11.3 Å². The lowest BCUT2D eigenvalue weighted by atomic mass is 9.88. The highest BCUT2D eigenvalue weighted by molar-refractivity contribution is 6.05. The van der Waals surface area contributed by atoms with Gasteiger partial charge in [0.15, 0.2) is 11.6 Å². The maximum Gasteiger partial charge on any atom is 0.226 e. The first-order valence-electron chi connectivity index (χ1n) is 5.99. The molecule has 1 aliphatic carbocycles. The van der Waals surface area contributed by atoms with Gasteiger partial charge in [-0.3, -0.25) is 14.4 Å². The fourth-order valence-corrected chi connectivity index (χ4v) is 2.58. The van der Waals surface area contributed by atoms with E-state index in [-0.39, 0.29) is 42.9 Å². The van der Waals surface area contributed by atoms with Gasteiger partial charge in [-0.05, 0) is 12.8 Å². The van der Waals surface area contributed by atoms with Crippen LogP contribution in [0.2, 0.25) is 0 Å². The molecule has 0 aromatic carbocycles. The SMILES string of the molecule is O=C1CC(=O)CN(C(=O)C2CCCCC2)C1. The predicted octanol–water partition coefficient (Wildman–Crippen LogP) is 0.937. The van der Waals surface area contributed by atoms with Crippen LogP contribution in [-0.2, 0) is 14.4 Å². The molecule has 0 spiro atoms. The van der Waals surface area contributed by atoms with Gasteiger partial charge in [0, 0.05) is 5.92 Å². The van der Waals surface area contributed by atoms with Crippen LogP contribution in [0.1, 0.15) is 38.5 Å². The van der Waals surface area contributed by atoms with Crippen LogP contribution in [0.25, 0.3) is 0 Å². The molecule has 1 aliphatic heterocycles. The molecule has 2 aliphatic rings. The first kappa shape index (κ1) is 11.3. The largest absolute Gasteiger partial charge is 0.328 e. The molecule has 0 bridgehead atoms. The van der Waals surface area contributed by atoms with E-state index in [1.807, 2.05) is 0 Å². The van der Waals surface area contributed by atoms with Crippen molar-refractivity contribution in [1.29, 1.82) is 0 Å². The van der Waals surface area contributed by atoms with Gasteiger partial charge in [0.1, 0.15) is 0 Å². The van der Waals surface area contributed by atoms with Crippen LogP contribution in [0.5, 0.6) is 0 Å². The molecule has 0 N–H and O–H groups in total. The quantitative estimate of drug-likeness (QED) is 0.621. The van der Waals surface area contributed by atoms with Gasteiger partial charge in [-0.25, -0.2) is 0 Å². The van der Waals surface area contributed by atoms with E-state index < -0.39 is 0 Å². The summed E-state index contributed by atoms with van der Waals surface area (Å²) in [5, 5.41) is 0. The summed E-state index contributed by atoms with van der Waals surface area (Å²) >= 11 is 0. The zero-order valence-electron chi connectivity index (χ0n) is 9.41. The highest BCUT2D eigenvalue weighted by Gasteiger charge is 2.31. The Kier molecular flexibility index (Phi) is 3.36. The maximum atomic E-state index is 12.1. The zero-order chi connectivity index (χ0) is 11.5. The summed E-state index contributed by atoms with van der Waals surface area (Å²) in [5.74, 6) is -0.186. The number of hydrogen-bond donors (Lipinski definition) is 0. The van der Waals surface area contributed by atoms with Crippen molar-refractivity contribution in [3.05, 3.63) is 0 Å². The van der Waals surface area contributed by atoms with Gasteiger partial charge in [0.05, 0.1) is 19.5 Å². The zero-order valence-corrected chi connectivity index (χ0v) is 9.41. The number of nitrogens with zero attached hydrogens (tertiary/aromatic N) is 1. The van der Waals surface area contributed by atoms with E-state index in [4.69, 9.17) is 0 Å². The standard InChI is InChI=1S/C12H17NO3/c14-10-6-11(15)8-13(7-10)12(16)9-4-2-1-3-5-9/h9H,1-8H2. The van der Waals surface area contributed by atoms with Crippen LogP contribution in [-0.4, -0.2) is 35.5 Å². The second-order valence-electron chi connectivity index (χ2n) is 4.78. The summed E-state index contributed by atoms with van der Waals surface area (Å²) < 4.78 is 0. The molecule has 88 valence electrons. The Morgan fingerprint density at radius 1 is 1.00 bits per heavy atom. The third-order valence-corrected chi connectivity index (χ3v) is 3.39. The Morgan fingerprint density at radius 2 is 1.56 bits per heavy atom. The molecular formula is C12H17NO3. The number of amides is 1. The number of Topliss-reactive ketones (excluding diaryl/α,β-unsaturated/α-hetero) is 2. The van der Waals surface area contributed by atoms with Gasteiger partial charge in [-0.1, -0.05) is 19.3 Å². The molecule has 16 heavy (non-hydrogen) atoms. The van der Waals surface area contributed by atoms with Crippen LogP contribution >= 0.6 is 0 Å². The number of likely N-dealkylation sites (tertiary alicyclic amines) is 1. The number of carbonyl (C=O) groups excluding carboxylic acids is 3. The van der Waals surface area contributed by atoms with Crippen molar-refractivity contribution in [1.82, 2.24) is 4.90 Å². The van der Waals surface area contributed by atoms with Gasteiger partial charge in [-0.15, -0.1) is 0 Å². The Hall–Kier alpha value is -1.19. The molecule has 0 radical (unpaired) electrons. The van der Waals surface area contributed by atoms with E-state index in [2.05, 4.69) is 0 Å².